The second-order valence-corrected chi connectivity index (χ2v) is 21.5. The fourth-order valence-electron chi connectivity index (χ4n) is 12.4. The molecule has 0 atom stereocenters. The third-order valence-electron chi connectivity index (χ3n) is 15.3. The highest BCUT2D eigenvalue weighted by Gasteiger charge is 2.52. The molecular formula is C67H44N2S2. The molecule has 2 aromatic heterocycles. The summed E-state index contributed by atoms with van der Waals surface area (Å²) in [6.45, 7) is 4.40. The van der Waals surface area contributed by atoms with Gasteiger partial charge in [-0.1, -0.05) is 152 Å². The molecule has 0 saturated heterocycles. The van der Waals surface area contributed by atoms with Crippen molar-refractivity contribution in [1.29, 1.82) is 0 Å². The summed E-state index contributed by atoms with van der Waals surface area (Å²) in [5, 5.41) is 7.68. The van der Waals surface area contributed by atoms with Crippen molar-refractivity contribution in [2.75, 3.05) is 9.80 Å². The van der Waals surface area contributed by atoms with E-state index in [9.17, 15) is 0 Å². The Balaban J connectivity index is 1.02. The van der Waals surface area contributed by atoms with Crippen molar-refractivity contribution in [3.8, 4) is 22.3 Å². The molecule has 15 rings (SSSR count). The zero-order valence-corrected chi connectivity index (χ0v) is 40.8. The molecule has 0 N–H and O–H groups in total. The lowest BCUT2D eigenvalue weighted by Gasteiger charge is -2.34. The molecule has 2 aliphatic rings. The van der Waals surface area contributed by atoms with Gasteiger partial charge in [0, 0.05) is 74.2 Å². The molecule has 0 amide bonds. The van der Waals surface area contributed by atoms with Crippen LogP contribution in [0.2, 0.25) is 0 Å². The summed E-state index contributed by atoms with van der Waals surface area (Å²) in [7, 11) is 0. The molecule has 2 aliphatic carbocycles. The average Bonchev–Trinajstić information content (AvgIpc) is 4.14. The van der Waals surface area contributed by atoms with E-state index < -0.39 is 5.41 Å². The first-order chi connectivity index (χ1) is 35.0. The highest BCUT2D eigenvalue weighted by atomic mass is 32.1. The second-order valence-electron chi connectivity index (χ2n) is 19.3. The SMILES string of the molecule is Cc1cccc(N(c2ccc3c(c2)C2(c4ccccc4-c4ccccc42)c2cc(N(c4cccc(C)c4)c4ccc5c(c4)sc4ccccc45)c4ccccc4c2-3)c2ccc3c(c2)sc2ccccc23)c1. The van der Waals surface area contributed by atoms with Crippen molar-refractivity contribution in [1.82, 2.24) is 0 Å². The Labute approximate surface area is 420 Å². The number of anilines is 6. The summed E-state index contributed by atoms with van der Waals surface area (Å²) >= 11 is 3.75. The molecule has 2 nitrogen and oxygen atoms in total. The number of aryl methyl sites for hydroxylation is 2. The van der Waals surface area contributed by atoms with Crippen LogP contribution < -0.4 is 9.80 Å². The quantitative estimate of drug-likeness (QED) is 0.164. The van der Waals surface area contributed by atoms with Crippen LogP contribution in [0.1, 0.15) is 33.4 Å². The van der Waals surface area contributed by atoms with Crippen molar-refractivity contribution in [2.45, 2.75) is 19.3 Å². The lowest BCUT2D eigenvalue weighted by Crippen LogP contribution is -2.26. The number of nitrogens with zero attached hydrogens (tertiary/aromatic N) is 2. The van der Waals surface area contributed by atoms with Crippen LogP contribution in [0, 0.1) is 13.8 Å². The number of benzene rings is 11. The Morgan fingerprint density at radius 1 is 0.296 bits per heavy atom. The van der Waals surface area contributed by atoms with E-state index in [2.05, 4.69) is 254 Å². The van der Waals surface area contributed by atoms with Gasteiger partial charge in [0.05, 0.1) is 11.1 Å². The fraction of sp³-hybridized carbons (Fsp3) is 0.0448. The summed E-state index contributed by atoms with van der Waals surface area (Å²) < 4.78 is 5.19. The molecular weight excluding hydrogens is 897 g/mol. The van der Waals surface area contributed by atoms with Gasteiger partial charge in [-0.15, -0.1) is 22.7 Å². The molecule has 2 heterocycles. The molecule has 1 spiro atoms. The van der Waals surface area contributed by atoms with Gasteiger partial charge in [0.25, 0.3) is 0 Å². The molecule has 11 aromatic carbocycles. The first kappa shape index (κ1) is 40.6. The third kappa shape index (κ3) is 5.87. The third-order valence-corrected chi connectivity index (χ3v) is 17.6. The number of rotatable bonds is 6. The maximum atomic E-state index is 2.57. The molecule has 71 heavy (non-hydrogen) atoms. The average molecular weight is 941 g/mol. The van der Waals surface area contributed by atoms with E-state index in [-0.39, 0.29) is 0 Å². The van der Waals surface area contributed by atoms with Gasteiger partial charge in [-0.3, -0.25) is 0 Å². The van der Waals surface area contributed by atoms with Gasteiger partial charge < -0.3 is 9.80 Å². The predicted molar refractivity (Wildman–Crippen MR) is 305 cm³/mol. The van der Waals surface area contributed by atoms with E-state index >= 15 is 0 Å². The normalized spacial score (nSPS) is 13.0. The summed E-state index contributed by atoms with van der Waals surface area (Å²) in [4.78, 5) is 5.01. The van der Waals surface area contributed by atoms with Crippen LogP contribution >= 0.6 is 22.7 Å². The Bertz CT molecular complexity index is 4320. The minimum Gasteiger partial charge on any atom is -0.310 e. The van der Waals surface area contributed by atoms with Gasteiger partial charge in [0.2, 0.25) is 0 Å². The molecule has 0 fully saturated rings. The molecule has 0 aliphatic heterocycles. The van der Waals surface area contributed by atoms with Gasteiger partial charge in [0.15, 0.2) is 0 Å². The first-order valence-electron chi connectivity index (χ1n) is 24.5. The Morgan fingerprint density at radius 2 is 0.761 bits per heavy atom. The van der Waals surface area contributed by atoms with Crippen molar-refractivity contribution >= 4 is 108 Å². The van der Waals surface area contributed by atoms with Crippen LogP contribution in [0.3, 0.4) is 0 Å². The van der Waals surface area contributed by atoms with Crippen molar-refractivity contribution in [3.05, 3.63) is 264 Å². The lowest BCUT2D eigenvalue weighted by atomic mass is 9.70. The van der Waals surface area contributed by atoms with Crippen LogP contribution in [0.5, 0.6) is 0 Å². The molecule has 13 aromatic rings. The maximum absolute atomic E-state index is 2.57. The predicted octanol–water partition coefficient (Wildman–Crippen LogP) is 19.5. The standard InChI is InChI=1S/C67H44N2S2/c1-41-15-13-17-43(35-41)68(46-29-32-53-51-22-7-11-27-62(51)70-64(53)38-46)45-31-34-56-59(37-45)67(57-25-9-5-19-48(57)49-20-6-10-26-58(49)67)60-40-61(50-21-3-4-24-55(50)66(56)60)69(44-18-14-16-42(2)36-44)47-30-33-54-52-23-8-12-28-63(52)71-65(54)39-47/h3-40H,1-2H3. The molecule has 0 radical (unpaired) electrons. The number of fused-ring (bicyclic) bond motifs is 18. The number of thiophene rings is 2. The van der Waals surface area contributed by atoms with Gasteiger partial charge in [-0.25, -0.2) is 0 Å². The zero-order chi connectivity index (χ0) is 47.0. The highest BCUT2D eigenvalue weighted by molar-refractivity contribution is 7.26. The maximum Gasteiger partial charge on any atom is 0.0727 e. The molecule has 0 saturated carbocycles. The zero-order valence-electron chi connectivity index (χ0n) is 39.2. The molecule has 0 unspecified atom stereocenters. The van der Waals surface area contributed by atoms with Gasteiger partial charge >= 0.3 is 0 Å². The lowest BCUT2D eigenvalue weighted by molar-refractivity contribution is 0.794. The minimum absolute atomic E-state index is 0.617. The van der Waals surface area contributed by atoms with E-state index in [0.29, 0.717) is 0 Å². The van der Waals surface area contributed by atoms with E-state index in [0.717, 1.165) is 34.1 Å². The minimum atomic E-state index is -0.617. The van der Waals surface area contributed by atoms with E-state index in [1.54, 1.807) is 0 Å². The smallest absolute Gasteiger partial charge is 0.0727 e. The molecule has 4 heteroatoms. The Kier molecular flexibility index (Phi) is 8.78. The summed E-state index contributed by atoms with van der Waals surface area (Å²) in [6.07, 6.45) is 0. The largest absolute Gasteiger partial charge is 0.310 e. The van der Waals surface area contributed by atoms with E-state index in [4.69, 9.17) is 0 Å². The van der Waals surface area contributed by atoms with Gasteiger partial charge in [-0.05, 0) is 154 Å². The Hall–Kier alpha value is -8.28. The number of hydrogen-bond acceptors (Lipinski definition) is 4. The van der Waals surface area contributed by atoms with Crippen LogP contribution in [-0.4, -0.2) is 0 Å². The van der Waals surface area contributed by atoms with Crippen LogP contribution in [0.25, 0.3) is 73.4 Å². The van der Waals surface area contributed by atoms with Crippen LogP contribution in [0.4, 0.5) is 34.1 Å². The summed E-state index contributed by atoms with van der Waals surface area (Å²) in [5.41, 5.74) is 19.1. The van der Waals surface area contributed by atoms with Crippen molar-refractivity contribution < 1.29 is 0 Å². The van der Waals surface area contributed by atoms with Gasteiger partial charge in [-0.2, -0.15) is 0 Å². The summed E-state index contributed by atoms with van der Waals surface area (Å²) in [5.74, 6) is 0. The van der Waals surface area contributed by atoms with Crippen LogP contribution in [-0.2, 0) is 5.41 Å². The first-order valence-corrected chi connectivity index (χ1v) is 26.1. The number of hydrogen-bond donors (Lipinski definition) is 0. The molecule has 334 valence electrons. The van der Waals surface area contributed by atoms with E-state index in [1.807, 2.05) is 22.7 Å². The van der Waals surface area contributed by atoms with Gasteiger partial charge in [0.1, 0.15) is 0 Å². The highest BCUT2D eigenvalue weighted by Crippen LogP contribution is 2.65. The monoisotopic (exact) mass is 940 g/mol. The topological polar surface area (TPSA) is 6.48 Å². The molecule has 0 bridgehead atoms. The summed E-state index contributed by atoms with van der Waals surface area (Å²) in [6, 6.07) is 87.1. The Morgan fingerprint density at radius 3 is 1.37 bits per heavy atom. The van der Waals surface area contributed by atoms with Crippen molar-refractivity contribution in [3.63, 3.8) is 0 Å². The van der Waals surface area contributed by atoms with E-state index in [1.165, 1.54) is 107 Å². The van der Waals surface area contributed by atoms with Crippen molar-refractivity contribution in [2.24, 2.45) is 0 Å². The fourth-order valence-corrected chi connectivity index (χ4v) is 14.7. The second kappa shape index (κ2) is 15.4. The van der Waals surface area contributed by atoms with Crippen LogP contribution in [0.15, 0.2) is 231 Å².